The Morgan fingerprint density at radius 1 is 1.19 bits per heavy atom. The first kappa shape index (κ1) is 13.5. The Balaban J connectivity index is 1.87. The smallest absolute Gasteiger partial charge is 0.257 e. The van der Waals surface area contributed by atoms with Crippen LogP contribution < -0.4 is 5.73 Å². The molecule has 0 aromatic heterocycles. The summed E-state index contributed by atoms with van der Waals surface area (Å²) < 4.78 is 0. The van der Waals surface area contributed by atoms with Crippen LogP contribution in [-0.4, -0.2) is 22.5 Å². The van der Waals surface area contributed by atoms with E-state index in [1.165, 1.54) is 5.56 Å². The van der Waals surface area contributed by atoms with Crippen molar-refractivity contribution in [1.82, 2.24) is 4.90 Å². The number of nitrogen functional groups attached to an aromatic ring is 1. The van der Waals surface area contributed by atoms with Crippen molar-refractivity contribution in [3.05, 3.63) is 58.7 Å². The van der Waals surface area contributed by atoms with Crippen molar-refractivity contribution >= 4 is 11.6 Å². The van der Waals surface area contributed by atoms with E-state index in [0.717, 1.165) is 17.5 Å². The van der Waals surface area contributed by atoms with Crippen molar-refractivity contribution in [1.29, 1.82) is 0 Å². The number of anilines is 1. The Kier molecular flexibility index (Phi) is 3.29. The summed E-state index contributed by atoms with van der Waals surface area (Å²) in [6, 6.07) is 11.0. The molecule has 4 nitrogen and oxygen atoms in total. The van der Waals surface area contributed by atoms with E-state index in [9.17, 15) is 9.90 Å². The summed E-state index contributed by atoms with van der Waals surface area (Å²) in [6.07, 6.45) is 0.813. The molecule has 1 amide bonds. The molecule has 0 radical (unpaired) electrons. The van der Waals surface area contributed by atoms with E-state index in [4.69, 9.17) is 5.73 Å². The zero-order chi connectivity index (χ0) is 15.0. The fourth-order valence-corrected chi connectivity index (χ4v) is 2.74. The molecule has 0 spiro atoms. The molecule has 4 heteroatoms. The first-order chi connectivity index (χ1) is 10.0. The fourth-order valence-electron chi connectivity index (χ4n) is 2.74. The number of nitrogens with zero attached hydrogens (tertiary/aromatic N) is 1. The lowest BCUT2D eigenvalue weighted by molar-refractivity contribution is 0.0731. The van der Waals surface area contributed by atoms with Crippen LogP contribution in [0.5, 0.6) is 5.75 Å². The molecule has 3 N–H and O–H groups in total. The molecule has 2 aromatic rings. The van der Waals surface area contributed by atoms with Gasteiger partial charge in [0.15, 0.2) is 0 Å². The second-order valence-electron chi connectivity index (χ2n) is 5.53. The Morgan fingerprint density at radius 2 is 2.00 bits per heavy atom. The molecule has 0 saturated carbocycles. The minimum Gasteiger partial charge on any atom is -0.507 e. The first-order valence-corrected chi connectivity index (χ1v) is 7.01. The highest BCUT2D eigenvalue weighted by molar-refractivity contribution is 5.97. The van der Waals surface area contributed by atoms with Gasteiger partial charge < -0.3 is 15.7 Å². The summed E-state index contributed by atoms with van der Waals surface area (Å²) >= 11 is 0. The van der Waals surface area contributed by atoms with Gasteiger partial charge in [-0.15, -0.1) is 0 Å². The van der Waals surface area contributed by atoms with Gasteiger partial charge in [-0.1, -0.05) is 12.1 Å². The van der Waals surface area contributed by atoms with Gasteiger partial charge in [-0.3, -0.25) is 4.79 Å². The van der Waals surface area contributed by atoms with Crippen molar-refractivity contribution in [2.75, 3.05) is 12.3 Å². The number of benzene rings is 2. The Bertz CT molecular complexity index is 710. The third-order valence-corrected chi connectivity index (χ3v) is 3.91. The minimum atomic E-state index is -0.138. The van der Waals surface area contributed by atoms with Gasteiger partial charge >= 0.3 is 0 Å². The number of fused-ring (bicyclic) bond motifs is 1. The number of phenols is 1. The zero-order valence-corrected chi connectivity index (χ0v) is 12.0. The first-order valence-electron chi connectivity index (χ1n) is 7.01. The van der Waals surface area contributed by atoms with Gasteiger partial charge in [-0.25, -0.2) is 0 Å². The maximum atomic E-state index is 12.6. The predicted octanol–water partition coefficient (Wildman–Crippen LogP) is 2.48. The Labute approximate surface area is 123 Å². The average molecular weight is 282 g/mol. The van der Waals surface area contributed by atoms with E-state index in [-0.39, 0.29) is 11.7 Å². The van der Waals surface area contributed by atoms with E-state index in [0.29, 0.717) is 24.3 Å². The number of phenolic OH excluding ortho intramolecular Hbond substituents is 1. The molecule has 1 heterocycles. The van der Waals surface area contributed by atoms with Crippen molar-refractivity contribution in [2.45, 2.75) is 19.9 Å². The number of carbonyl (C=O) groups is 1. The maximum absolute atomic E-state index is 12.6. The van der Waals surface area contributed by atoms with Crippen LogP contribution in [-0.2, 0) is 13.0 Å². The minimum absolute atomic E-state index is 0.0402. The molecule has 0 fully saturated rings. The Hall–Kier alpha value is -2.49. The third-order valence-electron chi connectivity index (χ3n) is 3.91. The lowest BCUT2D eigenvalue weighted by Gasteiger charge is -2.29. The van der Waals surface area contributed by atoms with Crippen LogP contribution in [0.2, 0.25) is 0 Å². The fraction of sp³-hybridized carbons (Fsp3) is 0.235. The second kappa shape index (κ2) is 5.13. The highest BCUT2D eigenvalue weighted by Crippen LogP contribution is 2.25. The summed E-state index contributed by atoms with van der Waals surface area (Å²) in [5.41, 5.74) is 10.1. The Morgan fingerprint density at radius 3 is 2.76 bits per heavy atom. The van der Waals surface area contributed by atoms with Gasteiger partial charge in [0.1, 0.15) is 5.75 Å². The number of carbonyl (C=O) groups excluding carboxylic acids is 1. The lowest BCUT2D eigenvalue weighted by Crippen LogP contribution is -2.36. The number of hydrogen-bond donors (Lipinski definition) is 2. The zero-order valence-electron chi connectivity index (χ0n) is 12.0. The van der Waals surface area contributed by atoms with Crippen LogP contribution in [0, 0.1) is 6.92 Å². The molecule has 0 unspecified atom stereocenters. The average Bonchev–Trinajstić information content (AvgIpc) is 2.46. The molecule has 0 bridgehead atoms. The third kappa shape index (κ3) is 2.57. The number of nitrogens with two attached hydrogens (primary N) is 1. The highest BCUT2D eigenvalue weighted by atomic mass is 16.3. The quantitative estimate of drug-likeness (QED) is 0.790. The van der Waals surface area contributed by atoms with Crippen molar-refractivity contribution in [3.8, 4) is 5.75 Å². The molecular formula is C17H18N2O2. The molecule has 0 aliphatic carbocycles. The molecule has 108 valence electrons. The van der Waals surface area contributed by atoms with Gasteiger partial charge in [-0.2, -0.15) is 0 Å². The van der Waals surface area contributed by atoms with Crippen LogP contribution in [0.25, 0.3) is 0 Å². The van der Waals surface area contributed by atoms with Crippen LogP contribution in [0.3, 0.4) is 0 Å². The second-order valence-corrected chi connectivity index (χ2v) is 5.53. The number of rotatable bonds is 1. The molecule has 0 atom stereocenters. The summed E-state index contributed by atoms with van der Waals surface area (Å²) in [5.74, 6) is -0.0982. The van der Waals surface area contributed by atoms with Crippen molar-refractivity contribution in [3.63, 3.8) is 0 Å². The summed E-state index contributed by atoms with van der Waals surface area (Å²) in [7, 11) is 0. The van der Waals surface area contributed by atoms with Crippen LogP contribution >= 0.6 is 0 Å². The highest BCUT2D eigenvalue weighted by Gasteiger charge is 2.23. The van der Waals surface area contributed by atoms with Gasteiger partial charge in [0.05, 0.1) is 5.56 Å². The summed E-state index contributed by atoms with van der Waals surface area (Å²) in [6.45, 7) is 3.07. The van der Waals surface area contributed by atoms with Crippen LogP contribution in [0.4, 0.5) is 5.69 Å². The van der Waals surface area contributed by atoms with E-state index in [1.54, 1.807) is 17.0 Å². The van der Waals surface area contributed by atoms with Crippen LogP contribution in [0.1, 0.15) is 27.0 Å². The largest absolute Gasteiger partial charge is 0.507 e. The van der Waals surface area contributed by atoms with Crippen molar-refractivity contribution < 1.29 is 9.90 Å². The van der Waals surface area contributed by atoms with Gasteiger partial charge in [0.2, 0.25) is 0 Å². The van der Waals surface area contributed by atoms with Gasteiger partial charge in [0.25, 0.3) is 5.91 Å². The molecule has 21 heavy (non-hydrogen) atoms. The summed E-state index contributed by atoms with van der Waals surface area (Å²) in [4.78, 5) is 14.3. The van der Waals surface area contributed by atoms with Gasteiger partial charge in [-0.05, 0) is 54.3 Å². The molecule has 2 aromatic carbocycles. The normalized spacial score (nSPS) is 13.9. The lowest BCUT2D eigenvalue weighted by atomic mass is 9.98. The molecule has 1 aliphatic heterocycles. The van der Waals surface area contributed by atoms with Gasteiger partial charge in [0, 0.05) is 18.8 Å². The molecule has 0 saturated heterocycles. The maximum Gasteiger partial charge on any atom is 0.257 e. The predicted molar refractivity (Wildman–Crippen MR) is 82.1 cm³/mol. The van der Waals surface area contributed by atoms with E-state index < -0.39 is 0 Å². The topological polar surface area (TPSA) is 66.6 Å². The number of aromatic hydroxyl groups is 1. The van der Waals surface area contributed by atoms with E-state index >= 15 is 0 Å². The number of aryl methyl sites for hydroxylation is 1. The van der Waals surface area contributed by atoms with E-state index in [1.807, 2.05) is 31.2 Å². The van der Waals surface area contributed by atoms with Crippen LogP contribution in [0.15, 0.2) is 36.4 Å². The molecule has 1 aliphatic rings. The standard InChI is InChI=1S/C17H18N2O2/c1-11-2-5-15(16(20)8-11)17(21)19-7-6-12-3-4-14(18)9-13(12)10-19/h2-5,8-9,20H,6-7,10,18H2,1H3. The monoisotopic (exact) mass is 282 g/mol. The van der Waals surface area contributed by atoms with E-state index in [2.05, 4.69) is 0 Å². The molecule has 3 rings (SSSR count). The number of amides is 1. The molecular weight excluding hydrogens is 264 g/mol. The van der Waals surface area contributed by atoms with Crippen molar-refractivity contribution in [2.24, 2.45) is 0 Å². The SMILES string of the molecule is Cc1ccc(C(=O)N2CCc3ccc(N)cc3C2)c(O)c1. The summed E-state index contributed by atoms with van der Waals surface area (Å²) in [5, 5.41) is 9.96. The number of hydrogen-bond acceptors (Lipinski definition) is 3.